The van der Waals surface area contributed by atoms with Crippen LogP contribution in [0, 0.1) is 11.3 Å². The Bertz CT molecular complexity index is 574. The SMILES string of the molecule is C[C@@H](CO)Nc1ccc2c(C#N)nccc2c1. The summed E-state index contributed by atoms with van der Waals surface area (Å²) in [5, 5.41) is 22.9. The van der Waals surface area contributed by atoms with E-state index in [4.69, 9.17) is 10.4 Å². The van der Waals surface area contributed by atoms with Crippen LogP contribution in [-0.2, 0) is 0 Å². The number of nitrogens with zero attached hydrogens (tertiary/aromatic N) is 2. The molecule has 0 unspecified atom stereocenters. The zero-order chi connectivity index (χ0) is 12.3. The van der Waals surface area contributed by atoms with Crippen molar-refractivity contribution < 1.29 is 5.11 Å². The molecule has 0 fully saturated rings. The van der Waals surface area contributed by atoms with Crippen molar-refractivity contribution in [3.8, 4) is 6.07 Å². The number of anilines is 1. The summed E-state index contributed by atoms with van der Waals surface area (Å²) < 4.78 is 0. The Morgan fingerprint density at radius 1 is 1.47 bits per heavy atom. The minimum absolute atomic E-state index is 0.00437. The number of aliphatic hydroxyl groups excluding tert-OH is 1. The van der Waals surface area contributed by atoms with Gasteiger partial charge in [0.25, 0.3) is 0 Å². The first-order chi connectivity index (χ1) is 8.24. The quantitative estimate of drug-likeness (QED) is 0.840. The summed E-state index contributed by atoms with van der Waals surface area (Å²) in [6.45, 7) is 1.98. The van der Waals surface area contributed by atoms with Gasteiger partial charge >= 0.3 is 0 Å². The highest BCUT2D eigenvalue weighted by Gasteiger charge is 2.04. The summed E-state index contributed by atoms with van der Waals surface area (Å²) in [5.41, 5.74) is 1.36. The number of hydrogen-bond donors (Lipinski definition) is 2. The molecular formula is C13H13N3O. The molecule has 1 atom stereocenters. The van der Waals surface area contributed by atoms with Gasteiger partial charge in [0.15, 0.2) is 0 Å². The van der Waals surface area contributed by atoms with Crippen molar-refractivity contribution in [3.63, 3.8) is 0 Å². The first kappa shape index (κ1) is 11.4. The van der Waals surface area contributed by atoms with Gasteiger partial charge in [-0.2, -0.15) is 5.26 Å². The molecule has 2 aromatic rings. The first-order valence-electron chi connectivity index (χ1n) is 5.41. The van der Waals surface area contributed by atoms with Gasteiger partial charge in [-0.15, -0.1) is 0 Å². The number of hydrogen-bond acceptors (Lipinski definition) is 4. The fourth-order valence-corrected chi connectivity index (χ4v) is 1.69. The van der Waals surface area contributed by atoms with Gasteiger partial charge in [-0.05, 0) is 36.6 Å². The van der Waals surface area contributed by atoms with Crippen LogP contribution in [0.4, 0.5) is 5.69 Å². The third-order valence-electron chi connectivity index (χ3n) is 2.56. The van der Waals surface area contributed by atoms with Crippen LogP contribution in [0.2, 0.25) is 0 Å². The van der Waals surface area contributed by atoms with Crippen LogP contribution in [0.1, 0.15) is 12.6 Å². The number of fused-ring (bicyclic) bond motifs is 1. The zero-order valence-electron chi connectivity index (χ0n) is 9.51. The second-order valence-corrected chi connectivity index (χ2v) is 3.94. The van der Waals surface area contributed by atoms with E-state index in [0.717, 1.165) is 16.5 Å². The smallest absolute Gasteiger partial charge is 0.148 e. The molecule has 0 aliphatic heterocycles. The van der Waals surface area contributed by atoms with Crippen molar-refractivity contribution in [1.82, 2.24) is 4.98 Å². The van der Waals surface area contributed by atoms with Crippen molar-refractivity contribution in [3.05, 3.63) is 36.2 Å². The normalized spacial score (nSPS) is 12.1. The highest BCUT2D eigenvalue weighted by atomic mass is 16.3. The molecule has 4 nitrogen and oxygen atoms in total. The molecule has 17 heavy (non-hydrogen) atoms. The Morgan fingerprint density at radius 3 is 3.00 bits per heavy atom. The van der Waals surface area contributed by atoms with E-state index in [1.54, 1.807) is 6.20 Å². The molecule has 4 heteroatoms. The summed E-state index contributed by atoms with van der Waals surface area (Å²) in [6.07, 6.45) is 1.63. The number of aliphatic hydroxyl groups is 1. The molecule has 0 aliphatic carbocycles. The van der Waals surface area contributed by atoms with Crippen LogP contribution in [0.5, 0.6) is 0 Å². The summed E-state index contributed by atoms with van der Waals surface area (Å²) in [7, 11) is 0. The Hall–Kier alpha value is -2.12. The van der Waals surface area contributed by atoms with Gasteiger partial charge in [0, 0.05) is 23.3 Å². The number of benzene rings is 1. The fourth-order valence-electron chi connectivity index (χ4n) is 1.69. The molecule has 1 heterocycles. The number of pyridine rings is 1. The molecule has 0 saturated carbocycles. The molecule has 1 aromatic carbocycles. The van der Waals surface area contributed by atoms with Gasteiger partial charge in [-0.1, -0.05) is 0 Å². The minimum Gasteiger partial charge on any atom is -0.394 e. The second-order valence-electron chi connectivity index (χ2n) is 3.94. The largest absolute Gasteiger partial charge is 0.394 e. The minimum atomic E-state index is 0.00437. The lowest BCUT2D eigenvalue weighted by atomic mass is 10.1. The van der Waals surface area contributed by atoms with E-state index >= 15 is 0 Å². The van der Waals surface area contributed by atoms with Crippen LogP contribution in [0.15, 0.2) is 30.5 Å². The Kier molecular flexibility index (Phi) is 3.22. The van der Waals surface area contributed by atoms with Crippen LogP contribution in [0.3, 0.4) is 0 Å². The van der Waals surface area contributed by atoms with Crippen molar-refractivity contribution in [2.75, 3.05) is 11.9 Å². The van der Waals surface area contributed by atoms with Crippen LogP contribution >= 0.6 is 0 Å². The number of rotatable bonds is 3. The molecule has 0 radical (unpaired) electrons. The summed E-state index contributed by atoms with van der Waals surface area (Å²) in [5.74, 6) is 0. The lowest BCUT2D eigenvalue weighted by molar-refractivity contribution is 0.281. The van der Waals surface area contributed by atoms with Crippen molar-refractivity contribution >= 4 is 16.5 Å². The fraction of sp³-hybridized carbons (Fsp3) is 0.231. The van der Waals surface area contributed by atoms with E-state index < -0.39 is 0 Å². The van der Waals surface area contributed by atoms with Gasteiger partial charge in [0.2, 0.25) is 0 Å². The highest BCUT2D eigenvalue weighted by Crippen LogP contribution is 2.21. The lowest BCUT2D eigenvalue weighted by Crippen LogP contribution is -2.19. The molecule has 0 bridgehead atoms. The lowest BCUT2D eigenvalue weighted by Gasteiger charge is -2.12. The zero-order valence-corrected chi connectivity index (χ0v) is 9.51. The van der Waals surface area contributed by atoms with Crippen molar-refractivity contribution in [2.24, 2.45) is 0 Å². The monoisotopic (exact) mass is 227 g/mol. The van der Waals surface area contributed by atoms with E-state index in [9.17, 15) is 0 Å². The highest BCUT2D eigenvalue weighted by molar-refractivity contribution is 5.89. The third-order valence-corrected chi connectivity index (χ3v) is 2.56. The maximum atomic E-state index is 8.98. The average Bonchev–Trinajstić information content (AvgIpc) is 2.37. The van der Waals surface area contributed by atoms with Crippen molar-refractivity contribution in [2.45, 2.75) is 13.0 Å². The number of nitriles is 1. The summed E-state index contributed by atoms with van der Waals surface area (Å²) in [4.78, 5) is 4.01. The molecular weight excluding hydrogens is 214 g/mol. The molecule has 86 valence electrons. The van der Waals surface area contributed by atoms with E-state index in [2.05, 4.69) is 16.4 Å². The molecule has 0 aliphatic rings. The maximum absolute atomic E-state index is 8.98. The standard InChI is InChI=1S/C13H13N3O/c1-9(8-17)16-11-2-3-12-10(6-11)4-5-15-13(12)7-14/h2-6,9,16-17H,8H2,1H3/t9-/m0/s1. The third kappa shape index (κ3) is 2.35. The molecule has 0 spiro atoms. The van der Waals surface area contributed by atoms with Gasteiger partial charge in [0.1, 0.15) is 11.8 Å². The van der Waals surface area contributed by atoms with Gasteiger partial charge in [0.05, 0.1) is 6.61 Å². The van der Waals surface area contributed by atoms with E-state index in [1.807, 2.05) is 31.2 Å². The van der Waals surface area contributed by atoms with Crippen LogP contribution in [-0.4, -0.2) is 22.7 Å². The maximum Gasteiger partial charge on any atom is 0.148 e. The topological polar surface area (TPSA) is 68.9 Å². The Morgan fingerprint density at radius 2 is 2.29 bits per heavy atom. The Labute approximate surface area is 99.5 Å². The molecule has 0 amide bonds. The summed E-state index contributed by atoms with van der Waals surface area (Å²) in [6, 6.07) is 9.64. The number of aromatic nitrogens is 1. The van der Waals surface area contributed by atoms with E-state index in [0.29, 0.717) is 5.69 Å². The molecule has 1 aromatic heterocycles. The van der Waals surface area contributed by atoms with Gasteiger partial charge in [-0.3, -0.25) is 0 Å². The predicted molar refractivity (Wildman–Crippen MR) is 66.6 cm³/mol. The van der Waals surface area contributed by atoms with Gasteiger partial charge in [-0.25, -0.2) is 4.98 Å². The van der Waals surface area contributed by atoms with Crippen LogP contribution < -0.4 is 5.32 Å². The van der Waals surface area contributed by atoms with Crippen molar-refractivity contribution in [1.29, 1.82) is 5.26 Å². The van der Waals surface area contributed by atoms with Gasteiger partial charge < -0.3 is 10.4 Å². The molecule has 0 saturated heterocycles. The van der Waals surface area contributed by atoms with E-state index in [-0.39, 0.29) is 12.6 Å². The predicted octanol–water partition coefficient (Wildman–Crippen LogP) is 1.90. The summed E-state index contributed by atoms with van der Waals surface area (Å²) >= 11 is 0. The Balaban J connectivity index is 2.42. The number of nitrogens with one attached hydrogen (secondary N) is 1. The molecule has 2 rings (SSSR count). The van der Waals surface area contributed by atoms with E-state index in [1.165, 1.54) is 0 Å². The second kappa shape index (κ2) is 4.81. The molecule has 2 N–H and O–H groups in total. The van der Waals surface area contributed by atoms with Crippen LogP contribution in [0.25, 0.3) is 10.8 Å². The average molecular weight is 227 g/mol. The first-order valence-corrected chi connectivity index (χ1v) is 5.41.